The normalized spacial score (nSPS) is 21.6. The van der Waals surface area contributed by atoms with Crippen molar-refractivity contribution in [3.05, 3.63) is 80.4 Å². The number of carbonyl (C=O) groups is 3. The third kappa shape index (κ3) is 4.93. The minimum atomic E-state index is -5.31. The molecule has 50 heavy (non-hydrogen) atoms. The van der Waals surface area contributed by atoms with E-state index in [0.29, 0.717) is 21.8 Å². The summed E-state index contributed by atoms with van der Waals surface area (Å²) in [6.07, 6.45) is 0.0607. The highest BCUT2D eigenvalue weighted by Crippen LogP contribution is 2.52. The Bertz CT molecular complexity index is 2430. The summed E-state index contributed by atoms with van der Waals surface area (Å²) in [4.78, 5) is 45.1. The highest BCUT2D eigenvalue weighted by Gasteiger charge is 2.44. The highest BCUT2D eigenvalue weighted by molar-refractivity contribution is 7.86. The van der Waals surface area contributed by atoms with E-state index in [0.717, 1.165) is 0 Å². The van der Waals surface area contributed by atoms with Gasteiger partial charge in [-0.1, -0.05) is 46.8 Å². The van der Waals surface area contributed by atoms with E-state index in [9.17, 15) is 40.3 Å². The molecule has 1 aliphatic carbocycles. The molecule has 0 N–H and O–H groups in total. The van der Waals surface area contributed by atoms with Gasteiger partial charge in [0.2, 0.25) is 0 Å². The van der Waals surface area contributed by atoms with Gasteiger partial charge >= 0.3 is 5.97 Å². The fourth-order valence-electron chi connectivity index (χ4n) is 7.31. The number of nitrogens with zero attached hydrogens (tertiary/aromatic N) is 2. The van der Waals surface area contributed by atoms with Crippen LogP contribution < -0.4 is 15.3 Å². The fraction of sp³-hybridized carbons (Fsp3) is 0.371. The largest absolute Gasteiger partial charge is 0.744 e. The summed E-state index contributed by atoms with van der Waals surface area (Å²) < 4.78 is 84.6. The smallest absolute Gasteiger partial charge is 0.363 e. The van der Waals surface area contributed by atoms with Gasteiger partial charge in [-0.2, -0.15) is 0 Å². The lowest BCUT2D eigenvalue weighted by Gasteiger charge is -2.31. The maximum Gasteiger partial charge on any atom is 0.363 e. The van der Waals surface area contributed by atoms with Gasteiger partial charge in [-0.3, -0.25) is 14.6 Å². The number of ether oxygens (including phenoxy) is 1. The highest BCUT2D eigenvalue weighted by atomic mass is 32.2. The molecule has 13 nitrogen and oxygen atoms in total. The van der Waals surface area contributed by atoms with Gasteiger partial charge in [0, 0.05) is 34.6 Å². The topological polar surface area (TPSA) is 200 Å². The van der Waals surface area contributed by atoms with Gasteiger partial charge in [0.15, 0.2) is 11.5 Å². The van der Waals surface area contributed by atoms with Crippen LogP contribution in [0.5, 0.6) is 11.5 Å². The summed E-state index contributed by atoms with van der Waals surface area (Å²) in [6, 6.07) is 8.65. The second-order valence-electron chi connectivity index (χ2n) is 14.4. The quantitative estimate of drug-likeness (QED) is 0.217. The Labute approximate surface area is 288 Å². The number of hydrogen-bond acceptors (Lipinski definition) is 12. The molecule has 1 saturated heterocycles. The van der Waals surface area contributed by atoms with Crippen LogP contribution in [0, 0.1) is 5.92 Å². The van der Waals surface area contributed by atoms with Crippen molar-refractivity contribution in [1.29, 1.82) is 0 Å². The van der Waals surface area contributed by atoms with E-state index < -0.39 is 76.2 Å². The number of imide groups is 1. The first-order valence-corrected chi connectivity index (χ1v) is 18.7. The number of rotatable bonds is 5. The fourth-order valence-corrected chi connectivity index (χ4v) is 8.96. The molecule has 3 heterocycles. The summed E-state index contributed by atoms with van der Waals surface area (Å²) in [5.41, 5.74) is 0.732. The Hall–Kier alpha value is -4.44. The molecular formula is C35H32N2O11S2-2. The first kappa shape index (κ1) is 34.0. The molecule has 0 saturated carbocycles. The summed E-state index contributed by atoms with van der Waals surface area (Å²) in [6.45, 7) is 11.3. The molecule has 3 aromatic rings. The lowest BCUT2D eigenvalue weighted by molar-refractivity contribution is -0.172. The van der Waals surface area contributed by atoms with Crippen LogP contribution in [0.15, 0.2) is 51.2 Å². The molecule has 0 aromatic heterocycles. The minimum absolute atomic E-state index is 0.0355. The van der Waals surface area contributed by atoms with E-state index in [2.05, 4.69) is 4.99 Å². The molecule has 3 aromatic carbocycles. The molecule has 262 valence electrons. The predicted octanol–water partition coefficient (Wildman–Crippen LogP) is 2.84. The maximum absolute atomic E-state index is 13.1. The summed E-state index contributed by atoms with van der Waals surface area (Å²) in [7, 11) is -10.5. The van der Waals surface area contributed by atoms with Gasteiger partial charge in [0.1, 0.15) is 30.0 Å². The van der Waals surface area contributed by atoms with Crippen molar-refractivity contribution >= 4 is 43.6 Å². The number of benzene rings is 3. The lowest BCUT2D eigenvalue weighted by Crippen LogP contribution is -2.33. The van der Waals surface area contributed by atoms with Crippen LogP contribution >= 0.6 is 0 Å². The predicted molar refractivity (Wildman–Crippen MR) is 173 cm³/mol. The molecule has 15 heteroatoms. The Morgan fingerprint density at radius 1 is 0.880 bits per heavy atom. The number of fused-ring (bicyclic) bond motifs is 4. The average molecular weight is 721 g/mol. The van der Waals surface area contributed by atoms with Crippen LogP contribution in [0.1, 0.15) is 92.6 Å². The van der Waals surface area contributed by atoms with E-state index in [1.54, 1.807) is 19.1 Å². The molecule has 1 fully saturated rings. The number of hydroxylamine groups is 2. The van der Waals surface area contributed by atoms with Crippen LogP contribution in [-0.4, -0.2) is 54.8 Å². The second kappa shape index (κ2) is 10.8. The van der Waals surface area contributed by atoms with Crippen molar-refractivity contribution in [2.45, 2.75) is 87.5 Å². The first-order valence-electron chi connectivity index (χ1n) is 15.9. The zero-order valence-electron chi connectivity index (χ0n) is 27.9. The molecule has 2 unspecified atom stereocenters. The minimum Gasteiger partial charge on any atom is -0.744 e. The maximum atomic E-state index is 13.1. The summed E-state index contributed by atoms with van der Waals surface area (Å²) in [5, 5.41) is 0.471. The molecule has 0 radical (unpaired) electrons. The summed E-state index contributed by atoms with van der Waals surface area (Å²) in [5.74, 6) is -3.24. The van der Waals surface area contributed by atoms with Gasteiger partial charge < -0.3 is 18.7 Å². The zero-order chi connectivity index (χ0) is 36.5. The SMILES string of the molecule is CC1Cc2c(cc3c(c2S(=O)(=O)[O-])Oc2c(S(=O)(=O)[O-])c4c(cc2=C3c2ccc(C(=O)ON3C(=O)CCC3=O)cc2)C(C)(C)C(C)N=4)C1(C)C. The molecule has 0 bridgehead atoms. The van der Waals surface area contributed by atoms with Crippen LogP contribution in [0.25, 0.3) is 5.57 Å². The molecule has 0 spiro atoms. The van der Waals surface area contributed by atoms with E-state index in [-0.39, 0.29) is 58.0 Å². The molecule has 3 aliphatic heterocycles. The lowest BCUT2D eigenvalue weighted by atomic mass is 9.78. The molecular weight excluding hydrogens is 689 g/mol. The number of carbonyl (C=O) groups excluding carboxylic acids is 3. The second-order valence-corrected chi connectivity index (χ2v) is 17.0. The standard InChI is InChI=1S/C35H34N2O11S2/c1-16-13-20-23(34(16,3)4)14-21-27(18-7-9-19(10-8-18)33(40)48-37-25(38)11-12-26(37)39)22-15-24-28(36-17(2)35(24,5)6)32(50(44,45)46)30(22)47-29(21)31(20)49(41,42)43/h7-10,14-17H,11-13H2,1-6H3,(H,41,42,43)(H,44,45,46)/p-2. The van der Waals surface area contributed by atoms with E-state index >= 15 is 0 Å². The first-order chi connectivity index (χ1) is 23.1. The third-order valence-corrected chi connectivity index (χ3v) is 12.7. The Morgan fingerprint density at radius 3 is 2.06 bits per heavy atom. The van der Waals surface area contributed by atoms with Crippen molar-refractivity contribution in [2.24, 2.45) is 10.9 Å². The summed E-state index contributed by atoms with van der Waals surface area (Å²) >= 11 is 0. The molecule has 4 aliphatic rings. The van der Waals surface area contributed by atoms with Gasteiger partial charge in [-0.05, 0) is 71.2 Å². The van der Waals surface area contributed by atoms with Crippen molar-refractivity contribution < 1.29 is 49.9 Å². The van der Waals surface area contributed by atoms with E-state index in [1.807, 2.05) is 34.6 Å². The van der Waals surface area contributed by atoms with Crippen molar-refractivity contribution in [1.82, 2.24) is 5.06 Å². The van der Waals surface area contributed by atoms with Crippen LogP contribution in [-0.2, 0) is 51.9 Å². The van der Waals surface area contributed by atoms with Gasteiger partial charge in [-0.15, -0.1) is 5.06 Å². The van der Waals surface area contributed by atoms with Gasteiger partial charge in [-0.25, -0.2) is 21.6 Å². The van der Waals surface area contributed by atoms with E-state index in [1.165, 1.54) is 24.3 Å². The van der Waals surface area contributed by atoms with E-state index in [4.69, 9.17) is 9.57 Å². The molecule has 7 rings (SSSR count). The van der Waals surface area contributed by atoms with Crippen LogP contribution in [0.4, 0.5) is 0 Å². The van der Waals surface area contributed by atoms with Crippen molar-refractivity contribution in [3.8, 4) is 11.5 Å². The third-order valence-electron chi connectivity index (χ3n) is 10.9. The molecule has 2 atom stereocenters. The number of hydrogen-bond donors (Lipinski definition) is 0. The Balaban J connectivity index is 1.56. The average Bonchev–Trinajstić information content (AvgIpc) is 3.53. The van der Waals surface area contributed by atoms with Crippen molar-refractivity contribution in [3.63, 3.8) is 0 Å². The Kier molecular flexibility index (Phi) is 7.34. The van der Waals surface area contributed by atoms with Crippen LogP contribution in [0.3, 0.4) is 0 Å². The van der Waals surface area contributed by atoms with Crippen LogP contribution in [0.2, 0.25) is 0 Å². The van der Waals surface area contributed by atoms with Gasteiger partial charge in [0.25, 0.3) is 11.8 Å². The number of amides is 2. The monoisotopic (exact) mass is 720 g/mol. The zero-order valence-corrected chi connectivity index (χ0v) is 29.6. The van der Waals surface area contributed by atoms with Gasteiger partial charge in [0.05, 0.1) is 17.0 Å². The van der Waals surface area contributed by atoms with Crippen molar-refractivity contribution in [2.75, 3.05) is 0 Å². The Morgan fingerprint density at radius 2 is 1.48 bits per heavy atom. The molecule has 2 amide bonds.